The standard InChI is InChI=1S/C16H13Cl2NO3S/c1-10-5-6-11(23-10)7-8-15(21)22-9-14(20)19-13-4-2-3-12(17)16(13)18/h2-8H,9H2,1H3,(H,19,20)/b8-7+. The number of rotatable bonds is 5. The summed E-state index contributed by atoms with van der Waals surface area (Å²) >= 11 is 13.4. The van der Waals surface area contributed by atoms with Crippen molar-refractivity contribution in [3.05, 3.63) is 56.2 Å². The van der Waals surface area contributed by atoms with Crippen LogP contribution in [0.3, 0.4) is 0 Å². The van der Waals surface area contributed by atoms with Gasteiger partial charge in [0, 0.05) is 15.8 Å². The first-order chi connectivity index (χ1) is 11.0. The second-order valence-electron chi connectivity index (χ2n) is 4.54. The van der Waals surface area contributed by atoms with E-state index < -0.39 is 18.5 Å². The van der Waals surface area contributed by atoms with Crippen LogP contribution < -0.4 is 5.32 Å². The molecule has 1 amide bonds. The number of anilines is 1. The average molecular weight is 370 g/mol. The number of amides is 1. The molecule has 0 bridgehead atoms. The number of ether oxygens (including phenoxy) is 1. The van der Waals surface area contributed by atoms with E-state index >= 15 is 0 Å². The van der Waals surface area contributed by atoms with Crippen molar-refractivity contribution in [3.8, 4) is 0 Å². The highest BCUT2D eigenvalue weighted by Gasteiger charge is 2.09. The monoisotopic (exact) mass is 369 g/mol. The molecular formula is C16H13Cl2NO3S. The molecule has 1 aromatic carbocycles. The van der Waals surface area contributed by atoms with Gasteiger partial charge in [0.25, 0.3) is 5.91 Å². The molecule has 0 fully saturated rings. The number of esters is 1. The van der Waals surface area contributed by atoms with E-state index in [4.69, 9.17) is 27.9 Å². The fourth-order valence-electron chi connectivity index (χ4n) is 1.66. The fraction of sp³-hybridized carbons (Fsp3) is 0.125. The summed E-state index contributed by atoms with van der Waals surface area (Å²) in [4.78, 5) is 25.4. The van der Waals surface area contributed by atoms with E-state index in [2.05, 4.69) is 5.32 Å². The number of carbonyl (C=O) groups excluding carboxylic acids is 2. The smallest absolute Gasteiger partial charge is 0.331 e. The topological polar surface area (TPSA) is 55.4 Å². The molecule has 0 aliphatic heterocycles. The third-order valence-corrected chi connectivity index (χ3v) is 4.50. The number of thiophene rings is 1. The lowest BCUT2D eigenvalue weighted by Gasteiger charge is -2.08. The van der Waals surface area contributed by atoms with Crippen LogP contribution in [0.1, 0.15) is 9.75 Å². The van der Waals surface area contributed by atoms with Crippen molar-refractivity contribution in [2.45, 2.75) is 6.92 Å². The molecule has 4 nitrogen and oxygen atoms in total. The van der Waals surface area contributed by atoms with Gasteiger partial charge in [0.15, 0.2) is 6.61 Å². The van der Waals surface area contributed by atoms with Crippen LogP contribution in [0.15, 0.2) is 36.4 Å². The highest BCUT2D eigenvalue weighted by Crippen LogP contribution is 2.29. The normalized spacial score (nSPS) is 10.7. The summed E-state index contributed by atoms with van der Waals surface area (Å²) in [5.74, 6) is -1.09. The van der Waals surface area contributed by atoms with Gasteiger partial charge in [0.2, 0.25) is 0 Å². The minimum Gasteiger partial charge on any atom is -0.452 e. The quantitative estimate of drug-likeness (QED) is 0.620. The largest absolute Gasteiger partial charge is 0.452 e. The highest BCUT2D eigenvalue weighted by molar-refractivity contribution is 7.12. The van der Waals surface area contributed by atoms with E-state index in [1.54, 1.807) is 35.6 Å². The van der Waals surface area contributed by atoms with Crippen LogP contribution in [-0.2, 0) is 14.3 Å². The molecule has 23 heavy (non-hydrogen) atoms. The van der Waals surface area contributed by atoms with Crippen molar-refractivity contribution in [1.82, 2.24) is 0 Å². The Hall–Kier alpha value is -1.82. The Balaban J connectivity index is 1.83. The number of halogens is 2. The van der Waals surface area contributed by atoms with Crippen LogP contribution in [0.25, 0.3) is 6.08 Å². The molecule has 0 atom stereocenters. The van der Waals surface area contributed by atoms with Gasteiger partial charge >= 0.3 is 5.97 Å². The van der Waals surface area contributed by atoms with Crippen LogP contribution >= 0.6 is 34.5 Å². The Bertz CT molecular complexity index is 756. The van der Waals surface area contributed by atoms with Crippen LogP contribution in [-0.4, -0.2) is 18.5 Å². The molecule has 0 saturated carbocycles. The third kappa shape index (κ3) is 5.39. The first kappa shape index (κ1) is 17.5. The van der Waals surface area contributed by atoms with Crippen molar-refractivity contribution in [2.24, 2.45) is 0 Å². The van der Waals surface area contributed by atoms with Crippen LogP contribution in [0.4, 0.5) is 5.69 Å². The Kier molecular flexibility index (Phi) is 6.21. The van der Waals surface area contributed by atoms with Gasteiger partial charge in [-0.25, -0.2) is 4.79 Å². The second-order valence-corrected chi connectivity index (χ2v) is 6.64. The number of hydrogen-bond donors (Lipinski definition) is 1. The highest BCUT2D eigenvalue weighted by atomic mass is 35.5. The number of benzene rings is 1. The molecule has 1 aromatic heterocycles. The van der Waals surface area contributed by atoms with Gasteiger partial charge in [-0.15, -0.1) is 11.3 Å². The summed E-state index contributed by atoms with van der Waals surface area (Å²) in [6.45, 7) is 1.57. The van der Waals surface area contributed by atoms with Crippen LogP contribution in [0.2, 0.25) is 10.0 Å². The van der Waals surface area contributed by atoms with Crippen LogP contribution in [0.5, 0.6) is 0 Å². The van der Waals surface area contributed by atoms with Crippen molar-refractivity contribution in [2.75, 3.05) is 11.9 Å². The molecule has 120 valence electrons. The van der Waals surface area contributed by atoms with Gasteiger partial charge in [-0.3, -0.25) is 4.79 Å². The predicted octanol–water partition coefficient (Wildman–Crippen LogP) is 4.56. The summed E-state index contributed by atoms with van der Waals surface area (Å²) in [5.41, 5.74) is 0.366. The number of aryl methyl sites for hydroxylation is 1. The maximum absolute atomic E-state index is 11.7. The van der Waals surface area contributed by atoms with Gasteiger partial charge in [0.1, 0.15) is 0 Å². The number of hydrogen-bond acceptors (Lipinski definition) is 4. The summed E-state index contributed by atoms with van der Waals surface area (Å²) in [7, 11) is 0. The minimum absolute atomic E-state index is 0.238. The summed E-state index contributed by atoms with van der Waals surface area (Å²) in [5, 5.41) is 3.10. The molecule has 0 unspecified atom stereocenters. The van der Waals surface area contributed by atoms with Gasteiger partial charge in [-0.2, -0.15) is 0 Å². The first-order valence-electron chi connectivity index (χ1n) is 6.61. The number of carbonyl (C=O) groups is 2. The molecule has 0 aliphatic carbocycles. The molecule has 7 heteroatoms. The Labute approximate surface area is 147 Å². The molecule has 0 spiro atoms. The molecule has 1 N–H and O–H groups in total. The summed E-state index contributed by atoms with van der Waals surface area (Å²) in [6.07, 6.45) is 2.93. The molecule has 2 aromatic rings. The Morgan fingerprint density at radius 3 is 2.74 bits per heavy atom. The van der Waals surface area contributed by atoms with Crippen molar-refractivity contribution in [3.63, 3.8) is 0 Å². The SMILES string of the molecule is Cc1ccc(/C=C/C(=O)OCC(=O)Nc2cccc(Cl)c2Cl)s1. The van der Waals surface area contributed by atoms with E-state index in [0.29, 0.717) is 10.7 Å². The van der Waals surface area contributed by atoms with Gasteiger partial charge in [0.05, 0.1) is 15.7 Å². The zero-order valence-corrected chi connectivity index (χ0v) is 14.5. The van der Waals surface area contributed by atoms with Crippen molar-refractivity contribution >= 4 is 58.2 Å². The predicted molar refractivity (Wildman–Crippen MR) is 94.1 cm³/mol. The lowest BCUT2D eigenvalue weighted by molar-refractivity contribution is -0.142. The molecule has 0 saturated heterocycles. The van der Waals surface area contributed by atoms with E-state index in [9.17, 15) is 9.59 Å². The molecule has 0 radical (unpaired) electrons. The van der Waals surface area contributed by atoms with E-state index in [1.807, 2.05) is 19.1 Å². The Morgan fingerprint density at radius 2 is 2.04 bits per heavy atom. The van der Waals surface area contributed by atoms with E-state index in [0.717, 1.165) is 9.75 Å². The molecule has 0 aliphatic rings. The summed E-state index contributed by atoms with van der Waals surface area (Å²) in [6, 6.07) is 8.72. The van der Waals surface area contributed by atoms with Gasteiger partial charge in [-0.1, -0.05) is 29.3 Å². The average Bonchev–Trinajstić information content (AvgIpc) is 2.93. The fourth-order valence-corrected chi connectivity index (χ4v) is 2.79. The lowest BCUT2D eigenvalue weighted by atomic mass is 10.3. The van der Waals surface area contributed by atoms with Gasteiger partial charge in [-0.05, 0) is 37.3 Å². The maximum Gasteiger partial charge on any atom is 0.331 e. The van der Waals surface area contributed by atoms with E-state index in [-0.39, 0.29) is 5.02 Å². The lowest BCUT2D eigenvalue weighted by Crippen LogP contribution is -2.20. The zero-order valence-electron chi connectivity index (χ0n) is 12.1. The van der Waals surface area contributed by atoms with E-state index in [1.165, 1.54) is 6.08 Å². The second kappa shape index (κ2) is 8.15. The summed E-state index contributed by atoms with van der Waals surface area (Å²) < 4.78 is 4.87. The first-order valence-corrected chi connectivity index (χ1v) is 8.18. The van der Waals surface area contributed by atoms with Crippen molar-refractivity contribution in [1.29, 1.82) is 0 Å². The maximum atomic E-state index is 11.7. The zero-order chi connectivity index (χ0) is 16.8. The third-order valence-electron chi connectivity index (χ3n) is 2.72. The molecule has 2 rings (SSSR count). The molecular weight excluding hydrogens is 357 g/mol. The Morgan fingerprint density at radius 1 is 1.26 bits per heavy atom. The van der Waals surface area contributed by atoms with Crippen molar-refractivity contribution < 1.29 is 14.3 Å². The van der Waals surface area contributed by atoms with Gasteiger partial charge < -0.3 is 10.1 Å². The number of nitrogens with one attached hydrogen (secondary N) is 1. The molecule has 1 heterocycles. The minimum atomic E-state index is -0.594. The van der Waals surface area contributed by atoms with Crippen LogP contribution in [0, 0.1) is 6.92 Å².